The summed E-state index contributed by atoms with van der Waals surface area (Å²) in [6.07, 6.45) is -2.69. The van der Waals surface area contributed by atoms with Crippen LogP contribution in [0.5, 0.6) is 0 Å². The topological polar surface area (TPSA) is 146 Å². The van der Waals surface area contributed by atoms with Gasteiger partial charge in [0.2, 0.25) is 11.8 Å². The minimum atomic E-state index is -1.05. The highest BCUT2D eigenvalue weighted by Crippen LogP contribution is 2.26. The maximum absolute atomic E-state index is 13.4. The van der Waals surface area contributed by atoms with Gasteiger partial charge in [0.25, 0.3) is 0 Å². The van der Waals surface area contributed by atoms with Crippen LogP contribution >= 0.6 is 0 Å². The lowest BCUT2D eigenvalue weighted by Crippen LogP contribution is -2.52. The van der Waals surface area contributed by atoms with E-state index in [1.165, 1.54) is 9.80 Å². The Bertz CT molecular complexity index is 1130. The van der Waals surface area contributed by atoms with E-state index in [4.69, 9.17) is 9.47 Å². The van der Waals surface area contributed by atoms with Crippen molar-refractivity contribution < 1.29 is 38.9 Å². The lowest BCUT2D eigenvalue weighted by atomic mass is 10.1. The van der Waals surface area contributed by atoms with Gasteiger partial charge in [0, 0.05) is 25.9 Å². The van der Waals surface area contributed by atoms with Crippen molar-refractivity contribution in [1.82, 2.24) is 15.1 Å². The molecular formula is C27H31N3O8. The Labute approximate surface area is 219 Å². The summed E-state index contributed by atoms with van der Waals surface area (Å²) in [5, 5.41) is 22.8. The highest BCUT2D eigenvalue weighted by Gasteiger charge is 2.47. The van der Waals surface area contributed by atoms with E-state index in [-0.39, 0.29) is 39.1 Å². The molecule has 2 saturated heterocycles. The Morgan fingerprint density at radius 3 is 1.89 bits per heavy atom. The molecule has 11 heteroatoms. The molecule has 0 unspecified atom stereocenters. The molecule has 202 valence electrons. The SMILES string of the molecule is O=C(NCC(=O)N1C[C@H](O)C[C@@H]1C(=O)N1C[C@H](O)C[C@@H]1C(=O)OCc1ccccc1)OCc1ccccc1. The van der Waals surface area contributed by atoms with Crippen LogP contribution in [0.4, 0.5) is 4.79 Å². The number of hydrogen-bond acceptors (Lipinski definition) is 8. The van der Waals surface area contributed by atoms with Crippen molar-refractivity contribution in [2.24, 2.45) is 0 Å². The van der Waals surface area contributed by atoms with Crippen LogP contribution < -0.4 is 5.32 Å². The van der Waals surface area contributed by atoms with Crippen LogP contribution in [-0.4, -0.2) is 87.8 Å². The molecule has 0 aliphatic carbocycles. The molecule has 2 aromatic rings. The first kappa shape index (κ1) is 27.1. The second-order valence-electron chi connectivity index (χ2n) is 9.36. The van der Waals surface area contributed by atoms with E-state index in [9.17, 15) is 29.4 Å². The van der Waals surface area contributed by atoms with E-state index < -0.39 is 54.7 Å². The van der Waals surface area contributed by atoms with Gasteiger partial charge in [0.05, 0.1) is 12.2 Å². The highest BCUT2D eigenvalue weighted by atomic mass is 16.5. The zero-order valence-corrected chi connectivity index (χ0v) is 20.8. The molecule has 2 aromatic carbocycles. The summed E-state index contributed by atoms with van der Waals surface area (Å²) in [4.78, 5) is 53.5. The van der Waals surface area contributed by atoms with Crippen molar-refractivity contribution in [2.45, 2.75) is 50.3 Å². The van der Waals surface area contributed by atoms with E-state index in [0.717, 1.165) is 11.1 Å². The molecule has 2 aliphatic rings. The summed E-state index contributed by atoms with van der Waals surface area (Å²) >= 11 is 0. The number of hydrogen-bond donors (Lipinski definition) is 3. The van der Waals surface area contributed by atoms with E-state index in [1.807, 2.05) is 36.4 Å². The number of benzene rings is 2. The molecule has 4 atom stereocenters. The van der Waals surface area contributed by atoms with Crippen molar-refractivity contribution in [3.8, 4) is 0 Å². The fourth-order valence-corrected chi connectivity index (χ4v) is 4.64. The number of rotatable bonds is 8. The van der Waals surface area contributed by atoms with Crippen molar-refractivity contribution in [1.29, 1.82) is 0 Å². The maximum atomic E-state index is 13.4. The minimum absolute atomic E-state index is 0.0113. The van der Waals surface area contributed by atoms with Crippen molar-refractivity contribution in [3.63, 3.8) is 0 Å². The number of nitrogens with one attached hydrogen (secondary N) is 1. The van der Waals surface area contributed by atoms with Gasteiger partial charge in [-0.25, -0.2) is 9.59 Å². The third-order valence-corrected chi connectivity index (χ3v) is 6.54. The average molecular weight is 526 g/mol. The van der Waals surface area contributed by atoms with Crippen LogP contribution in [-0.2, 0) is 37.1 Å². The average Bonchev–Trinajstić information content (AvgIpc) is 3.52. The molecule has 4 rings (SSSR count). The Balaban J connectivity index is 1.33. The third kappa shape index (κ3) is 6.87. The van der Waals surface area contributed by atoms with Crippen molar-refractivity contribution in [2.75, 3.05) is 19.6 Å². The molecule has 3 amide bonds. The summed E-state index contributed by atoms with van der Waals surface area (Å²) in [7, 11) is 0. The van der Waals surface area contributed by atoms with Crippen LogP contribution in [0.3, 0.4) is 0 Å². The zero-order valence-electron chi connectivity index (χ0n) is 20.8. The molecule has 2 fully saturated rings. The van der Waals surface area contributed by atoms with E-state index in [0.29, 0.717) is 0 Å². The lowest BCUT2D eigenvalue weighted by molar-refractivity contribution is -0.156. The number of nitrogens with zero attached hydrogens (tertiary/aromatic N) is 2. The van der Waals surface area contributed by atoms with Gasteiger partial charge in [-0.3, -0.25) is 9.59 Å². The zero-order chi connectivity index (χ0) is 27.1. The van der Waals surface area contributed by atoms with Gasteiger partial charge in [-0.2, -0.15) is 0 Å². The standard InChI is InChI=1S/C27H31N3O8/c31-20-11-22(29(14-20)24(33)13-28-27(36)38-17-19-9-5-2-6-10-19)25(34)30-15-21(32)12-23(30)26(35)37-16-18-7-3-1-4-8-18/h1-10,20-23,31-32H,11-17H2,(H,28,36)/t20-,21-,22-,23-/m1/s1. The predicted octanol–water partition coefficient (Wildman–Crippen LogP) is 0.580. The minimum Gasteiger partial charge on any atom is -0.459 e. The van der Waals surface area contributed by atoms with E-state index in [2.05, 4.69) is 5.32 Å². The molecule has 0 bridgehead atoms. The molecule has 0 saturated carbocycles. The molecule has 2 heterocycles. The molecule has 38 heavy (non-hydrogen) atoms. The number of alkyl carbamates (subject to hydrolysis) is 1. The van der Waals surface area contributed by atoms with Crippen LogP contribution in [0.1, 0.15) is 24.0 Å². The largest absolute Gasteiger partial charge is 0.459 e. The maximum Gasteiger partial charge on any atom is 0.407 e. The Morgan fingerprint density at radius 1 is 0.763 bits per heavy atom. The Kier molecular flexibility index (Phi) is 8.93. The van der Waals surface area contributed by atoms with Crippen LogP contribution in [0, 0.1) is 0 Å². The molecule has 2 aliphatic heterocycles. The van der Waals surface area contributed by atoms with Gasteiger partial charge in [0.15, 0.2) is 0 Å². The normalized spacial score (nSPS) is 22.7. The third-order valence-electron chi connectivity index (χ3n) is 6.54. The first-order valence-electron chi connectivity index (χ1n) is 12.4. The molecule has 0 radical (unpaired) electrons. The summed E-state index contributed by atoms with van der Waals surface area (Å²) in [6.45, 7) is -0.579. The second kappa shape index (κ2) is 12.5. The molecule has 0 spiro atoms. The van der Waals surface area contributed by atoms with E-state index >= 15 is 0 Å². The second-order valence-corrected chi connectivity index (χ2v) is 9.36. The molecule has 11 nitrogen and oxygen atoms in total. The quantitative estimate of drug-likeness (QED) is 0.425. The lowest BCUT2D eigenvalue weighted by Gasteiger charge is -2.30. The van der Waals surface area contributed by atoms with Gasteiger partial charge in [0.1, 0.15) is 31.8 Å². The summed E-state index contributed by atoms with van der Waals surface area (Å²) in [6, 6.07) is 16.0. The summed E-state index contributed by atoms with van der Waals surface area (Å²) in [5.41, 5.74) is 1.56. The highest BCUT2D eigenvalue weighted by molar-refractivity contribution is 5.93. The van der Waals surface area contributed by atoms with Crippen LogP contribution in [0.25, 0.3) is 0 Å². The van der Waals surface area contributed by atoms with Gasteiger partial charge < -0.3 is 34.8 Å². The number of carbonyl (C=O) groups is 4. The van der Waals surface area contributed by atoms with Crippen LogP contribution in [0.15, 0.2) is 60.7 Å². The number of esters is 1. The number of likely N-dealkylation sites (tertiary alicyclic amines) is 2. The summed E-state index contributed by atoms with van der Waals surface area (Å²) < 4.78 is 10.5. The van der Waals surface area contributed by atoms with Gasteiger partial charge in [-0.05, 0) is 11.1 Å². The number of carbonyl (C=O) groups excluding carboxylic acids is 4. The predicted molar refractivity (Wildman–Crippen MR) is 133 cm³/mol. The van der Waals surface area contributed by atoms with Gasteiger partial charge in [-0.1, -0.05) is 60.7 Å². The molecule has 3 N–H and O–H groups in total. The summed E-state index contributed by atoms with van der Waals surface area (Å²) in [5.74, 6) is -1.81. The Hall–Kier alpha value is -3.96. The van der Waals surface area contributed by atoms with Crippen LogP contribution in [0.2, 0.25) is 0 Å². The van der Waals surface area contributed by atoms with Crippen molar-refractivity contribution >= 4 is 23.9 Å². The fraction of sp³-hybridized carbons (Fsp3) is 0.407. The number of aliphatic hydroxyl groups is 2. The first-order valence-corrected chi connectivity index (χ1v) is 12.4. The Morgan fingerprint density at radius 2 is 1.29 bits per heavy atom. The molecule has 0 aromatic heterocycles. The van der Waals surface area contributed by atoms with Crippen molar-refractivity contribution in [3.05, 3.63) is 71.8 Å². The monoisotopic (exact) mass is 525 g/mol. The number of β-amino-alcohol motifs (C(OH)–C–C–N with tert-alkyl or cyclic N) is 2. The van der Waals surface area contributed by atoms with E-state index in [1.54, 1.807) is 24.3 Å². The number of ether oxygens (including phenoxy) is 2. The smallest absolute Gasteiger partial charge is 0.407 e. The van der Waals surface area contributed by atoms with Gasteiger partial charge >= 0.3 is 12.1 Å². The molecular weight excluding hydrogens is 494 g/mol. The van der Waals surface area contributed by atoms with Gasteiger partial charge in [-0.15, -0.1) is 0 Å². The number of aliphatic hydroxyl groups excluding tert-OH is 2. The number of amides is 3. The first-order chi connectivity index (χ1) is 18.3. The fourth-order valence-electron chi connectivity index (χ4n) is 4.64.